The lowest BCUT2D eigenvalue weighted by molar-refractivity contribution is 0.549. The summed E-state index contributed by atoms with van der Waals surface area (Å²) in [6.07, 6.45) is 7.85. The summed E-state index contributed by atoms with van der Waals surface area (Å²) < 4.78 is 4.08. The van der Waals surface area contributed by atoms with Gasteiger partial charge in [-0.3, -0.25) is 4.68 Å². The average molecular weight is 261 g/mol. The molecule has 0 aliphatic rings. The van der Waals surface area contributed by atoms with E-state index >= 15 is 0 Å². The van der Waals surface area contributed by atoms with E-state index < -0.39 is 0 Å². The maximum atomic E-state index is 4.52. The second-order valence-electron chi connectivity index (χ2n) is 4.73. The minimum absolute atomic E-state index is 0.261. The number of imidazole rings is 1. The fourth-order valence-electron chi connectivity index (χ4n) is 2.49. The number of aromatic nitrogens is 4. The Morgan fingerprint density at radius 3 is 2.79 bits per heavy atom. The van der Waals surface area contributed by atoms with Crippen LogP contribution in [0.25, 0.3) is 0 Å². The minimum atomic E-state index is 0.261. The summed E-state index contributed by atoms with van der Waals surface area (Å²) in [6, 6.07) is 0.261. The number of nitrogens with zero attached hydrogens (tertiary/aromatic N) is 4. The number of hydrogen-bond donors (Lipinski definition) is 1. The molecule has 5 nitrogen and oxygen atoms in total. The Morgan fingerprint density at radius 1 is 1.37 bits per heavy atom. The predicted molar refractivity (Wildman–Crippen MR) is 76.0 cm³/mol. The molecule has 0 saturated carbocycles. The third-order valence-electron chi connectivity index (χ3n) is 3.53. The van der Waals surface area contributed by atoms with Crippen LogP contribution >= 0.6 is 0 Å². The molecule has 2 heterocycles. The summed E-state index contributed by atoms with van der Waals surface area (Å²) in [5.41, 5.74) is 2.44. The van der Waals surface area contributed by atoms with Crippen LogP contribution in [0.3, 0.4) is 0 Å². The molecule has 1 N–H and O–H groups in total. The maximum absolute atomic E-state index is 4.52. The van der Waals surface area contributed by atoms with E-state index in [0.717, 1.165) is 30.9 Å². The van der Waals surface area contributed by atoms with Crippen LogP contribution in [0, 0.1) is 0 Å². The largest absolute Gasteiger partial charge is 0.335 e. The van der Waals surface area contributed by atoms with Crippen LogP contribution in [-0.2, 0) is 26.4 Å². The van der Waals surface area contributed by atoms with Crippen LogP contribution in [0.2, 0.25) is 0 Å². The molecule has 5 heteroatoms. The summed E-state index contributed by atoms with van der Waals surface area (Å²) in [4.78, 5) is 4.46. The Kier molecular flexibility index (Phi) is 4.37. The molecule has 0 amide bonds. The van der Waals surface area contributed by atoms with Crippen molar-refractivity contribution in [3.8, 4) is 0 Å². The van der Waals surface area contributed by atoms with Crippen molar-refractivity contribution in [3.63, 3.8) is 0 Å². The Morgan fingerprint density at radius 2 is 2.16 bits per heavy atom. The highest BCUT2D eigenvalue weighted by atomic mass is 15.3. The predicted octanol–water partition coefficient (Wildman–Crippen LogP) is 1.70. The highest BCUT2D eigenvalue weighted by Crippen LogP contribution is 2.21. The Labute approximate surface area is 114 Å². The van der Waals surface area contributed by atoms with Crippen molar-refractivity contribution in [1.82, 2.24) is 24.6 Å². The summed E-state index contributed by atoms with van der Waals surface area (Å²) in [5.74, 6) is 1.12. The zero-order valence-corrected chi connectivity index (χ0v) is 12.2. The van der Waals surface area contributed by atoms with E-state index in [1.165, 1.54) is 5.56 Å². The van der Waals surface area contributed by atoms with Crippen LogP contribution < -0.4 is 5.32 Å². The van der Waals surface area contributed by atoms with Gasteiger partial charge in [-0.25, -0.2) is 4.98 Å². The van der Waals surface area contributed by atoms with Crippen molar-refractivity contribution < 1.29 is 0 Å². The van der Waals surface area contributed by atoms with Gasteiger partial charge in [0.05, 0.1) is 5.69 Å². The van der Waals surface area contributed by atoms with Gasteiger partial charge in [0.15, 0.2) is 0 Å². The lowest BCUT2D eigenvalue weighted by Crippen LogP contribution is -2.21. The molecule has 0 aromatic carbocycles. The summed E-state index contributed by atoms with van der Waals surface area (Å²) in [5, 5.41) is 7.91. The molecule has 1 unspecified atom stereocenters. The van der Waals surface area contributed by atoms with Crippen molar-refractivity contribution >= 4 is 0 Å². The van der Waals surface area contributed by atoms with Gasteiger partial charge in [-0.1, -0.05) is 6.92 Å². The van der Waals surface area contributed by atoms with E-state index in [2.05, 4.69) is 40.0 Å². The van der Waals surface area contributed by atoms with Gasteiger partial charge in [-0.15, -0.1) is 0 Å². The Bertz CT molecular complexity index is 526. The SMILES string of the molecule is CCc1nn(C)cc1C(Cc1nccn1CC)NC. The lowest BCUT2D eigenvalue weighted by atomic mass is 10.0. The fourth-order valence-corrected chi connectivity index (χ4v) is 2.49. The van der Waals surface area contributed by atoms with Crippen LogP contribution in [0.4, 0.5) is 0 Å². The molecule has 2 aromatic heterocycles. The smallest absolute Gasteiger partial charge is 0.110 e. The summed E-state index contributed by atoms with van der Waals surface area (Å²) >= 11 is 0. The van der Waals surface area contributed by atoms with Crippen LogP contribution in [0.15, 0.2) is 18.6 Å². The van der Waals surface area contributed by atoms with Gasteiger partial charge >= 0.3 is 0 Å². The Balaban J connectivity index is 2.25. The van der Waals surface area contributed by atoms with Gasteiger partial charge in [0, 0.05) is 50.2 Å². The molecule has 19 heavy (non-hydrogen) atoms. The minimum Gasteiger partial charge on any atom is -0.335 e. The van der Waals surface area contributed by atoms with Gasteiger partial charge in [-0.05, 0) is 20.4 Å². The highest BCUT2D eigenvalue weighted by Gasteiger charge is 2.18. The topological polar surface area (TPSA) is 47.7 Å². The van der Waals surface area contributed by atoms with Gasteiger partial charge in [0.2, 0.25) is 0 Å². The van der Waals surface area contributed by atoms with Crippen molar-refractivity contribution in [2.45, 2.75) is 39.3 Å². The monoisotopic (exact) mass is 261 g/mol. The first-order valence-electron chi connectivity index (χ1n) is 6.89. The third kappa shape index (κ3) is 2.87. The number of aryl methyl sites for hydroxylation is 3. The van der Waals surface area contributed by atoms with Crippen molar-refractivity contribution in [1.29, 1.82) is 0 Å². The zero-order valence-electron chi connectivity index (χ0n) is 12.2. The lowest BCUT2D eigenvalue weighted by Gasteiger charge is -2.16. The first-order valence-corrected chi connectivity index (χ1v) is 6.89. The van der Waals surface area contributed by atoms with Gasteiger partial charge in [0.25, 0.3) is 0 Å². The maximum Gasteiger partial charge on any atom is 0.110 e. The van der Waals surface area contributed by atoms with Crippen molar-refractivity contribution in [2.24, 2.45) is 7.05 Å². The molecular formula is C14H23N5. The number of likely N-dealkylation sites (N-methyl/N-ethyl adjacent to an activating group) is 1. The van der Waals surface area contributed by atoms with E-state index in [1.807, 2.05) is 31.2 Å². The molecule has 1 atom stereocenters. The first-order chi connectivity index (χ1) is 9.19. The van der Waals surface area contributed by atoms with E-state index in [9.17, 15) is 0 Å². The molecule has 0 fully saturated rings. The molecular weight excluding hydrogens is 238 g/mol. The third-order valence-corrected chi connectivity index (χ3v) is 3.53. The second-order valence-corrected chi connectivity index (χ2v) is 4.73. The molecule has 0 aliphatic heterocycles. The standard InChI is InChI=1S/C14H23N5/c1-5-12-11(10-18(4)17-12)13(15-3)9-14-16-7-8-19(14)6-2/h7-8,10,13,15H,5-6,9H2,1-4H3. The molecule has 104 valence electrons. The number of rotatable bonds is 6. The molecule has 2 aromatic rings. The average Bonchev–Trinajstić information content (AvgIpc) is 3.01. The van der Waals surface area contributed by atoms with Crippen LogP contribution in [0.5, 0.6) is 0 Å². The summed E-state index contributed by atoms with van der Waals surface area (Å²) in [7, 11) is 3.97. The van der Waals surface area contributed by atoms with Gasteiger partial charge < -0.3 is 9.88 Å². The summed E-state index contributed by atoms with van der Waals surface area (Å²) in [6.45, 7) is 5.24. The normalized spacial score (nSPS) is 12.8. The molecule has 0 spiro atoms. The number of nitrogens with one attached hydrogen (secondary N) is 1. The van der Waals surface area contributed by atoms with Crippen molar-refractivity contribution in [3.05, 3.63) is 35.7 Å². The number of hydrogen-bond acceptors (Lipinski definition) is 3. The molecule has 0 bridgehead atoms. The quantitative estimate of drug-likeness (QED) is 0.861. The molecule has 0 radical (unpaired) electrons. The zero-order chi connectivity index (χ0) is 13.8. The van der Waals surface area contributed by atoms with Gasteiger partial charge in [0.1, 0.15) is 5.82 Å². The van der Waals surface area contributed by atoms with Crippen LogP contribution in [0.1, 0.15) is 37.0 Å². The van der Waals surface area contributed by atoms with E-state index in [-0.39, 0.29) is 6.04 Å². The van der Waals surface area contributed by atoms with E-state index in [4.69, 9.17) is 0 Å². The Hall–Kier alpha value is -1.62. The fraction of sp³-hybridized carbons (Fsp3) is 0.571. The van der Waals surface area contributed by atoms with Crippen molar-refractivity contribution in [2.75, 3.05) is 7.05 Å². The highest BCUT2D eigenvalue weighted by molar-refractivity contribution is 5.22. The molecule has 0 aliphatic carbocycles. The first kappa shape index (κ1) is 13.8. The molecule has 2 rings (SSSR count). The molecule has 0 saturated heterocycles. The van der Waals surface area contributed by atoms with E-state index in [0.29, 0.717) is 0 Å². The van der Waals surface area contributed by atoms with Crippen LogP contribution in [-0.4, -0.2) is 26.4 Å². The van der Waals surface area contributed by atoms with E-state index in [1.54, 1.807) is 0 Å². The second kappa shape index (κ2) is 6.02. The van der Waals surface area contributed by atoms with Gasteiger partial charge in [-0.2, -0.15) is 5.10 Å².